The lowest BCUT2D eigenvalue weighted by Crippen LogP contribution is -2.12. The molecule has 34 heavy (non-hydrogen) atoms. The number of aryl methyl sites for hydroxylation is 1. The molecular weight excluding hydrogens is 486 g/mol. The van der Waals surface area contributed by atoms with Crippen molar-refractivity contribution in [3.05, 3.63) is 60.3 Å². The number of sulfonamides is 1. The van der Waals surface area contributed by atoms with Gasteiger partial charge in [0.2, 0.25) is 15.9 Å². The maximum absolute atomic E-state index is 11.7. The smallest absolute Gasteiger partial charge is 0.295 e. The first kappa shape index (κ1) is 23.3. The maximum atomic E-state index is 11.7. The first-order valence-electron chi connectivity index (χ1n) is 9.43. The van der Waals surface area contributed by atoms with Crippen LogP contribution in [0, 0.1) is 6.92 Å². The Morgan fingerprint density at radius 3 is 2.09 bits per heavy atom. The van der Waals surface area contributed by atoms with Gasteiger partial charge >= 0.3 is 0 Å². The number of hydrogen-bond acceptors (Lipinski definition) is 9. The molecule has 0 radical (unpaired) electrons. The van der Waals surface area contributed by atoms with Crippen LogP contribution >= 0.6 is 0 Å². The number of phenols is 1. The summed E-state index contributed by atoms with van der Waals surface area (Å²) in [7, 11) is -8.51. The minimum absolute atomic E-state index is 0.0436. The summed E-state index contributed by atoms with van der Waals surface area (Å²) < 4.78 is 56.8. The van der Waals surface area contributed by atoms with Crippen LogP contribution in [0.4, 0.5) is 11.4 Å². The zero-order valence-corrected chi connectivity index (χ0v) is 19.0. The zero-order chi connectivity index (χ0) is 24.8. The van der Waals surface area contributed by atoms with Gasteiger partial charge in [0.25, 0.3) is 10.1 Å². The molecule has 4 rings (SSSR count). The Morgan fingerprint density at radius 2 is 1.50 bits per heavy atom. The molecule has 0 amide bonds. The molecule has 14 heteroatoms. The highest BCUT2D eigenvalue weighted by Gasteiger charge is 2.21. The molecule has 0 bridgehead atoms. The second-order valence-electron chi connectivity index (χ2n) is 7.17. The number of primary sulfonamides is 1. The van der Waals surface area contributed by atoms with Crippen molar-refractivity contribution < 1.29 is 31.6 Å². The monoisotopic (exact) mass is 503 g/mol. The molecule has 12 nitrogen and oxygen atoms in total. The number of fused-ring (bicyclic) bond motifs is 1. The van der Waals surface area contributed by atoms with E-state index in [4.69, 9.17) is 5.14 Å². The number of azo groups is 1. The molecule has 0 saturated heterocycles. The Hall–Kier alpha value is -3.85. The largest absolute Gasteiger partial charge is 0.506 e. The van der Waals surface area contributed by atoms with Crippen molar-refractivity contribution >= 4 is 42.3 Å². The van der Waals surface area contributed by atoms with Gasteiger partial charge in [-0.3, -0.25) is 4.55 Å². The van der Waals surface area contributed by atoms with E-state index in [1.807, 2.05) is 0 Å². The summed E-state index contributed by atoms with van der Waals surface area (Å²) in [5.41, 5.74) is 0.445. The van der Waals surface area contributed by atoms with Crippen LogP contribution in [0.5, 0.6) is 11.6 Å². The van der Waals surface area contributed by atoms with Crippen LogP contribution in [0.2, 0.25) is 0 Å². The van der Waals surface area contributed by atoms with Crippen molar-refractivity contribution in [2.45, 2.75) is 16.7 Å². The summed E-state index contributed by atoms with van der Waals surface area (Å²) in [5.74, 6) is -0.971. The molecule has 4 aromatic rings. The second-order valence-corrected chi connectivity index (χ2v) is 10.1. The fourth-order valence-corrected chi connectivity index (χ4v) is 4.54. The highest BCUT2D eigenvalue weighted by atomic mass is 32.2. The van der Waals surface area contributed by atoms with Crippen molar-refractivity contribution in [2.24, 2.45) is 15.4 Å². The molecule has 0 aliphatic carbocycles. The van der Waals surface area contributed by atoms with Crippen LogP contribution in [-0.4, -0.2) is 41.4 Å². The Balaban J connectivity index is 1.79. The van der Waals surface area contributed by atoms with E-state index >= 15 is 0 Å². The summed E-state index contributed by atoms with van der Waals surface area (Å²) in [6.45, 7) is 1.54. The average Bonchev–Trinajstić information content (AvgIpc) is 3.05. The van der Waals surface area contributed by atoms with E-state index in [2.05, 4.69) is 15.3 Å². The van der Waals surface area contributed by atoms with Crippen LogP contribution < -0.4 is 5.14 Å². The molecule has 0 atom stereocenters. The molecule has 0 unspecified atom stereocenters. The summed E-state index contributed by atoms with van der Waals surface area (Å²) >= 11 is 0. The van der Waals surface area contributed by atoms with Crippen LogP contribution in [0.15, 0.2) is 74.6 Å². The zero-order valence-electron chi connectivity index (χ0n) is 17.4. The van der Waals surface area contributed by atoms with Crippen molar-refractivity contribution in [2.75, 3.05) is 0 Å². The molecular formula is C20H17N5O7S2. The third-order valence-corrected chi connectivity index (χ3v) is 6.72. The molecule has 0 saturated carbocycles. The van der Waals surface area contributed by atoms with Gasteiger partial charge in [-0.2, -0.15) is 18.2 Å². The highest BCUT2D eigenvalue weighted by Crippen LogP contribution is 2.41. The topological polar surface area (TPSA) is 198 Å². The van der Waals surface area contributed by atoms with E-state index in [0.29, 0.717) is 5.69 Å². The Morgan fingerprint density at radius 1 is 0.912 bits per heavy atom. The van der Waals surface area contributed by atoms with Gasteiger partial charge in [0, 0.05) is 16.8 Å². The Kier molecular flexibility index (Phi) is 5.61. The minimum Gasteiger partial charge on any atom is -0.506 e. The number of aromatic hydroxyl groups is 2. The fourth-order valence-electron chi connectivity index (χ4n) is 3.31. The van der Waals surface area contributed by atoms with Crippen molar-refractivity contribution in [3.63, 3.8) is 0 Å². The number of phenolic OH excluding ortho intramolecular Hbond substituents is 1. The van der Waals surface area contributed by atoms with Gasteiger partial charge in [-0.15, -0.1) is 10.2 Å². The first-order valence-corrected chi connectivity index (χ1v) is 12.4. The van der Waals surface area contributed by atoms with E-state index < -0.39 is 36.7 Å². The van der Waals surface area contributed by atoms with Crippen LogP contribution in [0.1, 0.15) is 5.69 Å². The van der Waals surface area contributed by atoms with E-state index in [1.54, 1.807) is 19.1 Å². The maximum Gasteiger partial charge on any atom is 0.295 e. The van der Waals surface area contributed by atoms with Crippen LogP contribution in [-0.2, 0) is 20.1 Å². The number of rotatable bonds is 5. The lowest BCUT2D eigenvalue weighted by Gasteiger charge is -2.08. The number of aromatic nitrogens is 2. The molecule has 1 aromatic heterocycles. The minimum atomic E-state index is -4.62. The van der Waals surface area contributed by atoms with E-state index in [0.717, 1.165) is 10.7 Å². The van der Waals surface area contributed by atoms with Gasteiger partial charge in [-0.25, -0.2) is 13.6 Å². The quantitative estimate of drug-likeness (QED) is 0.235. The number of benzene rings is 3. The summed E-state index contributed by atoms with van der Waals surface area (Å²) in [4.78, 5) is -0.607. The lowest BCUT2D eigenvalue weighted by molar-refractivity contribution is 0.434. The van der Waals surface area contributed by atoms with Crippen molar-refractivity contribution in [1.82, 2.24) is 9.78 Å². The molecule has 0 aliphatic heterocycles. The Bertz CT molecular complexity index is 1680. The van der Waals surface area contributed by atoms with Crippen molar-refractivity contribution in [1.29, 1.82) is 0 Å². The van der Waals surface area contributed by atoms with Crippen LogP contribution in [0.25, 0.3) is 16.5 Å². The summed E-state index contributed by atoms with van der Waals surface area (Å²) in [5, 5.41) is 38.6. The van der Waals surface area contributed by atoms with E-state index in [1.165, 1.54) is 36.4 Å². The Labute approximate surface area is 193 Å². The average molecular weight is 504 g/mol. The third-order valence-electron chi connectivity index (χ3n) is 4.90. The SMILES string of the molecule is Cc1nn(-c2ccc(S(N)(=O)=O)cc2)c(O)c1/N=N/c1c(O)cc(S(=O)(=O)O)c2ccccc12. The molecule has 3 aromatic carbocycles. The van der Waals surface area contributed by atoms with Gasteiger partial charge < -0.3 is 10.2 Å². The highest BCUT2D eigenvalue weighted by molar-refractivity contribution is 7.89. The first-order chi connectivity index (χ1) is 15.9. The predicted octanol–water partition coefficient (Wildman–Crippen LogP) is 3.05. The van der Waals surface area contributed by atoms with Gasteiger partial charge in [0.1, 0.15) is 16.3 Å². The fraction of sp³-hybridized carbons (Fsp3) is 0.0500. The number of nitrogens with zero attached hydrogens (tertiary/aromatic N) is 4. The standard InChI is InChI=1S/C20H17N5O7S2/c1-11-18(20(27)25(24-11)12-6-8-13(9-7-12)33(21,28)29)22-23-19-15-5-3-2-4-14(15)17(10-16(19)26)34(30,31)32/h2-10,26-27H,1H3,(H2,21,28,29)(H,30,31,32)/b23-22+. The van der Waals surface area contributed by atoms with E-state index in [-0.39, 0.29) is 32.7 Å². The molecule has 0 aliphatic rings. The van der Waals surface area contributed by atoms with Gasteiger partial charge in [-0.1, -0.05) is 24.3 Å². The molecule has 0 fully saturated rings. The molecule has 0 spiro atoms. The third kappa shape index (κ3) is 4.22. The lowest BCUT2D eigenvalue weighted by atomic mass is 10.1. The van der Waals surface area contributed by atoms with E-state index in [9.17, 15) is 31.6 Å². The number of hydrogen-bond donors (Lipinski definition) is 4. The predicted molar refractivity (Wildman–Crippen MR) is 121 cm³/mol. The summed E-state index contributed by atoms with van der Waals surface area (Å²) in [6.07, 6.45) is 0. The van der Waals surface area contributed by atoms with Gasteiger partial charge in [-0.05, 0) is 31.2 Å². The molecule has 5 N–H and O–H groups in total. The second kappa shape index (κ2) is 8.18. The van der Waals surface area contributed by atoms with Gasteiger partial charge in [0.15, 0.2) is 5.69 Å². The van der Waals surface area contributed by atoms with Gasteiger partial charge in [0.05, 0.1) is 16.3 Å². The summed E-state index contributed by atoms with van der Waals surface area (Å²) in [6, 6.07) is 12.2. The molecule has 176 valence electrons. The normalized spacial score (nSPS) is 12.6. The van der Waals surface area contributed by atoms with Crippen LogP contribution in [0.3, 0.4) is 0 Å². The van der Waals surface area contributed by atoms with Crippen molar-refractivity contribution in [3.8, 4) is 17.3 Å². The number of nitrogens with two attached hydrogens (primary N) is 1. The molecule has 1 heterocycles.